The number of H-pyrrole nitrogens is 1. The smallest absolute Gasteiger partial charge is 0.329 e. The van der Waals surface area contributed by atoms with Crippen molar-refractivity contribution in [2.75, 3.05) is 11.5 Å². The highest BCUT2D eigenvalue weighted by atomic mass is 32.2. The number of rotatable bonds is 1. The molecule has 1 aromatic heterocycles. The Morgan fingerprint density at radius 2 is 2.05 bits per heavy atom. The van der Waals surface area contributed by atoms with E-state index < -0.39 is 27.1 Å². The molecular formula is C12H12N2O5S. The van der Waals surface area contributed by atoms with E-state index in [1.807, 2.05) is 0 Å². The lowest BCUT2D eigenvalue weighted by Gasteiger charge is -2.12. The van der Waals surface area contributed by atoms with Crippen molar-refractivity contribution in [2.24, 2.45) is 0 Å². The third-order valence-corrected chi connectivity index (χ3v) is 5.27. The van der Waals surface area contributed by atoms with Crippen molar-refractivity contribution in [3.05, 3.63) is 39.0 Å². The average Bonchev–Trinajstić information content (AvgIpc) is 2.71. The maximum Gasteiger partial charge on any atom is 0.329 e. The van der Waals surface area contributed by atoms with Gasteiger partial charge in [0.2, 0.25) is 0 Å². The SMILES string of the molecule is O=c1[nH]c2c(O)cccc2c(=O)n1C1CCS(=O)(=O)C1. The molecule has 3 rings (SSSR count). The first kappa shape index (κ1) is 12.9. The Hall–Kier alpha value is -2.09. The number of aromatic amines is 1. The summed E-state index contributed by atoms with van der Waals surface area (Å²) in [5.74, 6) is -0.426. The summed E-state index contributed by atoms with van der Waals surface area (Å²) in [5.41, 5.74) is -1.22. The zero-order valence-corrected chi connectivity index (χ0v) is 11.2. The summed E-state index contributed by atoms with van der Waals surface area (Å²) in [6, 6.07) is 3.69. The normalized spacial score (nSPS) is 21.3. The highest BCUT2D eigenvalue weighted by molar-refractivity contribution is 7.91. The number of hydrogen-bond donors (Lipinski definition) is 2. The van der Waals surface area contributed by atoms with Gasteiger partial charge >= 0.3 is 5.69 Å². The fourth-order valence-corrected chi connectivity index (χ4v) is 4.25. The first-order chi connectivity index (χ1) is 9.39. The molecule has 0 spiro atoms. The summed E-state index contributed by atoms with van der Waals surface area (Å²) >= 11 is 0. The van der Waals surface area contributed by atoms with Crippen LogP contribution in [-0.4, -0.2) is 34.6 Å². The van der Waals surface area contributed by atoms with Crippen LogP contribution in [0.25, 0.3) is 10.9 Å². The second-order valence-electron chi connectivity index (χ2n) is 4.86. The largest absolute Gasteiger partial charge is 0.506 e. The number of aromatic hydroxyl groups is 1. The number of hydrogen-bond acceptors (Lipinski definition) is 5. The Morgan fingerprint density at radius 1 is 1.30 bits per heavy atom. The molecule has 2 aromatic rings. The molecule has 0 aliphatic carbocycles. The van der Waals surface area contributed by atoms with Crippen molar-refractivity contribution >= 4 is 20.7 Å². The molecule has 2 heterocycles. The summed E-state index contributed by atoms with van der Waals surface area (Å²) in [6.07, 6.45) is 0.246. The Morgan fingerprint density at radius 3 is 2.70 bits per heavy atom. The summed E-state index contributed by atoms with van der Waals surface area (Å²) in [7, 11) is -3.20. The van der Waals surface area contributed by atoms with Crippen LogP contribution in [0.2, 0.25) is 0 Å². The Labute approximate surface area is 113 Å². The number of phenols is 1. The standard InChI is InChI=1S/C12H12N2O5S/c15-9-3-1-2-8-10(9)13-12(17)14(11(8)16)7-4-5-20(18,19)6-7/h1-3,7,15H,4-6H2,(H,13,17). The third kappa shape index (κ3) is 1.92. The topological polar surface area (TPSA) is 109 Å². The quantitative estimate of drug-likeness (QED) is 0.754. The molecule has 1 aromatic carbocycles. The average molecular weight is 296 g/mol. The van der Waals surface area contributed by atoms with Gasteiger partial charge in [-0.15, -0.1) is 0 Å². The van der Waals surface area contributed by atoms with Gasteiger partial charge in [0.05, 0.1) is 28.5 Å². The van der Waals surface area contributed by atoms with Crippen LogP contribution in [-0.2, 0) is 9.84 Å². The molecule has 1 saturated heterocycles. The number of phenolic OH excluding ortho intramolecular Hbond substituents is 1. The lowest BCUT2D eigenvalue weighted by molar-refractivity contribution is 0.477. The number of aromatic nitrogens is 2. The van der Waals surface area contributed by atoms with Crippen LogP contribution in [0.5, 0.6) is 5.75 Å². The van der Waals surface area contributed by atoms with E-state index in [-0.39, 0.29) is 34.6 Å². The van der Waals surface area contributed by atoms with Gasteiger partial charge in [-0.1, -0.05) is 6.07 Å². The van der Waals surface area contributed by atoms with Gasteiger partial charge in [-0.05, 0) is 18.6 Å². The zero-order chi connectivity index (χ0) is 14.5. The van der Waals surface area contributed by atoms with Gasteiger partial charge in [0.15, 0.2) is 9.84 Å². The molecule has 7 nitrogen and oxygen atoms in total. The van der Waals surface area contributed by atoms with Gasteiger partial charge in [-0.25, -0.2) is 13.2 Å². The van der Waals surface area contributed by atoms with Crippen LogP contribution in [0.1, 0.15) is 12.5 Å². The van der Waals surface area contributed by atoms with Gasteiger partial charge < -0.3 is 10.1 Å². The number of fused-ring (bicyclic) bond motifs is 1. The van der Waals surface area contributed by atoms with E-state index in [0.29, 0.717) is 0 Å². The van der Waals surface area contributed by atoms with Crippen LogP contribution >= 0.6 is 0 Å². The molecule has 1 aliphatic rings. The molecule has 1 unspecified atom stereocenters. The summed E-state index contributed by atoms with van der Waals surface area (Å²) in [6.45, 7) is 0. The molecule has 106 valence electrons. The van der Waals surface area contributed by atoms with Crippen molar-refractivity contribution in [1.82, 2.24) is 9.55 Å². The van der Waals surface area contributed by atoms with Gasteiger partial charge in [-0.2, -0.15) is 0 Å². The summed E-state index contributed by atoms with van der Waals surface area (Å²) in [5, 5.41) is 9.81. The minimum absolute atomic E-state index is 0.0262. The van der Waals surface area contributed by atoms with E-state index >= 15 is 0 Å². The van der Waals surface area contributed by atoms with E-state index in [1.165, 1.54) is 18.2 Å². The van der Waals surface area contributed by atoms with Crippen molar-refractivity contribution < 1.29 is 13.5 Å². The Kier molecular flexibility index (Phi) is 2.72. The molecule has 0 amide bonds. The molecule has 1 atom stereocenters. The number of benzene rings is 1. The van der Waals surface area contributed by atoms with Crippen molar-refractivity contribution in [3.63, 3.8) is 0 Å². The maximum absolute atomic E-state index is 12.3. The lowest BCUT2D eigenvalue weighted by atomic mass is 10.2. The minimum Gasteiger partial charge on any atom is -0.506 e. The molecule has 8 heteroatoms. The second-order valence-corrected chi connectivity index (χ2v) is 7.09. The van der Waals surface area contributed by atoms with Gasteiger partial charge in [0, 0.05) is 0 Å². The summed E-state index contributed by atoms with van der Waals surface area (Å²) in [4.78, 5) is 26.8. The van der Waals surface area contributed by atoms with E-state index in [0.717, 1.165) is 4.57 Å². The monoisotopic (exact) mass is 296 g/mol. The first-order valence-electron chi connectivity index (χ1n) is 6.06. The number of sulfone groups is 1. The predicted molar refractivity (Wildman–Crippen MR) is 72.8 cm³/mol. The highest BCUT2D eigenvalue weighted by Crippen LogP contribution is 2.22. The molecule has 2 N–H and O–H groups in total. The number of para-hydroxylation sites is 1. The van der Waals surface area contributed by atoms with Gasteiger partial charge in [0.25, 0.3) is 5.56 Å². The molecule has 0 bridgehead atoms. The molecule has 0 radical (unpaired) electrons. The van der Waals surface area contributed by atoms with Crippen molar-refractivity contribution in [1.29, 1.82) is 0 Å². The van der Waals surface area contributed by atoms with Crippen LogP contribution in [0.15, 0.2) is 27.8 Å². The van der Waals surface area contributed by atoms with Crippen LogP contribution in [0.3, 0.4) is 0 Å². The van der Waals surface area contributed by atoms with Gasteiger partial charge in [-0.3, -0.25) is 9.36 Å². The molecule has 1 fully saturated rings. The van der Waals surface area contributed by atoms with Crippen LogP contribution in [0, 0.1) is 0 Å². The maximum atomic E-state index is 12.3. The van der Waals surface area contributed by atoms with Crippen molar-refractivity contribution in [2.45, 2.75) is 12.5 Å². The third-order valence-electron chi connectivity index (χ3n) is 3.52. The zero-order valence-electron chi connectivity index (χ0n) is 10.4. The lowest BCUT2D eigenvalue weighted by Crippen LogP contribution is -2.38. The highest BCUT2D eigenvalue weighted by Gasteiger charge is 2.31. The minimum atomic E-state index is -3.20. The first-order valence-corrected chi connectivity index (χ1v) is 7.88. The summed E-state index contributed by atoms with van der Waals surface area (Å²) < 4.78 is 23.9. The van der Waals surface area contributed by atoms with E-state index in [2.05, 4.69) is 4.98 Å². The number of nitrogens with one attached hydrogen (secondary N) is 1. The van der Waals surface area contributed by atoms with E-state index in [4.69, 9.17) is 0 Å². The molecular weight excluding hydrogens is 284 g/mol. The molecule has 20 heavy (non-hydrogen) atoms. The Bertz CT molecular complexity index is 910. The van der Waals surface area contributed by atoms with Crippen molar-refractivity contribution in [3.8, 4) is 5.75 Å². The van der Waals surface area contributed by atoms with E-state index in [1.54, 1.807) is 0 Å². The van der Waals surface area contributed by atoms with Crippen LogP contribution in [0.4, 0.5) is 0 Å². The van der Waals surface area contributed by atoms with Gasteiger partial charge in [0.1, 0.15) is 5.75 Å². The van der Waals surface area contributed by atoms with Crippen LogP contribution < -0.4 is 11.2 Å². The van der Waals surface area contributed by atoms with E-state index in [9.17, 15) is 23.1 Å². The fourth-order valence-electron chi connectivity index (χ4n) is 2.55. The Balaban J connectivity index is 2.28. The molecule has 0 saturated carbocycles. The fraction of sp³-hybridized carbons (Fsp3) is 0.333. The second kappa shape index (κ2) is 4.20. The number of nitrogens with zero attached hydrogens (tertiary/aromatic N) is 1. The predicted octanol–water partition coefficient (Wildman–Crippen LogP) is -0.245. The molecule has 1 aliphatic heterocycles.